The molecule has 0 saturated carbocycles. The summed E-state index contributed by atoms with van der Waals surface area (Å²) in [6.07, 6.45) is -4.22. The highest BCUT2D eigenvalue weighted by Gasteiger charge is 2.30. The van der Waals surface area contributed by atoms with Gasteiger partial charge in [-0.15, -0.1) is 0 Å². The molecule has 1 aromatic rings. The van der Waals surface area contributed by atoms with Crippen LogP contribution in [0.4, 0.5) is 18.0 Å². The third-order valence-electron chi connectivity index (χ3n) is 2.41. The Balaban J connectivity index is 2.46. The molecule has 1 unspecified atom stereocenters. The maximum Gasteiger partial charge on any atom is 0.391 e. The predicted molar refractivity (Wildman–Crippen MR) is 66.7 cm³/mol. The lowest BCUT2D eigenvalue weighted by molar-refractivity contribution is -0.138. The zero-order valence-corrected chi connectivity index (χ0v) is 11.1. The van der Waals surface area contributed by atoms with E-state index in [0.29, 0.717) is 0 Å². The van der Waals surface area contributed by atoms with Crippen molar-refractivity contribution in [3.63, 3.8) is 0 Å². The van der Waals surface area contributed by atoms with E-state index in [1.165, 1.54) is 25.3 Å². The van der Waals surface area contributed by atoms with E-state index in [4.69, 9.17) is 5.11 Å². The Morgan fingerprint density at radius 1 is 1.43 bits per heavy atom. The molecule has 6 nitrogen and oxygen atoms in total. The lowest BCUT2D eigenvalue weighted by Gasteiger charge is -2.16. The number of halogens is 3. The SMILES string of the molecule is CC(CC(F)(F)F)NC(=O)NCc1cc(C(=O)O)ccn1. The van der Waals surface area contributed by atoms with Gasteiger partial charge in [-0.1, -0.05) is 0 Å². The number of alkyl halides is 3. The number of carboxylic acids is 1. The van der Waals surface area contributed by atoms with E-state index >= 15 is 0 Å². The summed E-state index contributed by atoms with van der Waals surface area (Å²) < 4.78 is 36.3. The Kier molecular flexibility index (Phi) is 5.51. The average Bonchev–Trinajstić information content (AvgIpc) is 2.34. The Morgan fingerprint density at radius 3 is 2.67 bits per heavy atom. The second-order valence-corrected chi connectivity index (χ2v) is 4.39. The van der Waals surface area contributed by atoms with Gasteiger partial charge in [-0.2, -0.15) is 13.2 Å². The molecule has 3 N–H and O–H groups in total. The predicted octanol–water partition coefficient (Wildman–Crippen LogP) is 1.92. The summed E-state index contributed by atoms with van der Waals surface area (Å²) >= 11 is 0. The Hall–Kier alpha value is -2.32. The smallest absolute Gasteiger partial charge is 0.391 e. The molecule has 0 bridgehead atoms. The minimum Gasteiger partial charge on any atom is -0.478 e. The summed E-state index contributed by atoms with van der Waals surface area (Å²) in [5.41, 5.74) is 0.293. The molecule has 0 aliphatic carbocycles. The lowest BCUT2D eigenvalue weighted by Crippen LogP contribution is -2.42. The molecule has 9 heteroatoms. The maximum atomic E-state index is 12.1. The van der Waals surface area contributed by atoms with Crippen molar-refractivity contribution < 1.29 is 27.9 Å². The number of carbonyl (C=O) groups is 2. The number of aromatic carboxylic acids is 1. The Bertz CT molecular complexity index is 520. The van der Waals surface area contributed by atoms with Crippen molar-refractivity contribution >= 4 is 12.0 Å². The molecule has 1 aromatic heterocycles. The molecule has 0 aliphatic rings. The topological polar surface area (TPSA) is 91.3 Å². The van der Waals surface area contributed by atoms with E-state index in [2.05, 4.69) is 15.6 Å². The van der Waals surface area contributed by atoms with E-state index < -0.39 is 30.6 Å². The molecule has 0 aliphatic heterocycles. The van der Waals surface area contributed by atoms with Crippen LogP contribution in [0.25, 0.3) is 0 Å². The van der Waals surface area contributed by atoms with Crippen molar-refractivity contribution in [1.29, 1.82) is 0 Å². The molecular formula is C12H14F3N3O3. The highest BCUT2D eigenvalue weighted by Crippen LogP contribution is 2.21. The van der Waals surface area contributed by atoms with Gasteiger partial charge in [0.05, 0.1) is 24.2 Å². The van der Waals surface area contributed by atoms with E-state index in [9.17, 15) is 22.8 Å². The largest absolute Gasteiger partial charge is 0.478 e. The molecule has 0 spiro atoms. The van der Waals surface area contributed by atoms with Crippen LogP contribution in [0.1, 0.15) is 29.4 Å². The van der Waals surface area contributed by atoms with Gasteiger partial charge in [-0.25, -0.2) is 9.59 Å². The number of aromatic nitrogens is 1. The van der Waals surface area contributed by atoms with E-state index in [1.54, 1.807) is 0 Å². The molecule has 1 atom stereocenters. The minimum absolute atomic E-state index is 0.00708. The van der Waals surface area contributed by atoms with Gasteiger partial charge in [-0.3, -0.25) is 4.98 Å². The number of hydrogen-bond acceptors (Lipinski definition) is 3. The fourth-order valence-corrected chi connectivity index (χ4v) is 1.55. The number of rotatable bonds is 5. The van der Waals surface area contributed by atoms with Crippen LogP contribution in [0.3, 0.4) is 0 Å². The van der Waals surface area contributed by atoms with Gasteiger partial charge in [0.25, 0.3) is 0 Å². The first-order valence-corrected chi connectivity index (χ1v) is 5.96. The first kappa shape index (κ1) is 16.7. The number of urea groups is 1. The first-order chi connectivity index (χ1) is 9.67. The van der Waals surface area contributed by atoms with Gasteiger partial charge in [0.15, 0.2) is 0 Å². The summed E-state index contributed by atoms with van der Waals surface area (Å²) in [7, 11) is 0. The fourth-order valence-electron chi connectivity index (χ4n) is 1.55. The minimum atomic E-state index is -4.36. The van der Waals surface area contributed by atoms with Crippen molar-refractivity contribution in [2.45, 2.75) is 32.1 Å². The van der Waals surface area contributed by atoms with Crippen molar-refractivity contribution in [2.75, 3.05) is 0 Å². The quantitative estimate of drug-likeness (QED) is 0.775. The zero-order valence-electron chi connectivity index (χ0n) is 11.1. The molecule has 2 amide bonds. The number of pyridine rings is 1. The number of carbonyl (C=O) groups excluding carboxylic acids is 1. The van der Waals surface area contributed by atoms with Crippen LogP contribution in [-0.2, 0) is 6.54 Å². The van der Waals surface area contributed by atoms with Crippen LogP contribution in [0, 0.1) is 0 Å². The van der Waals surface area contributed by atoms with Gasteiger partial charge in [0, 0.05) is 12.2 Å². The average molecular weight is 305 g/mol. The third-order valence-corrected chi connectivity index (χ3v) is 2.41. The van der Waals surface area contributed by atoms with Crippen LogP contribution in [0.5, 0.6) is 0 Å². The van der Waals surface area contributed by atoms with Gasteiger partial charge >= 0.3 is 18.2 Å². The summed E-state index contributed by atoms with van der Waals surface area (Å²) in [6, 6.07) is 0.705. The summed E-state index contributed by atoms with van der Waals surface area (Å²) in [4.78, 5) is 26.0. The second-order valence-electron chi connectivity index (χ2n) is 4.39. The number of nitrogens with zero attached hydrogens (tertiary/aromatic N) is 1. The van der Waals surface area contributed by atoms with Crippen molar-refractivity contribution in [3.05, 3.63) is 29.6 Å². The second kappa shape index (κ2) is 6.91. The summed E-state index contributed by atoms with van der Waals surface area (Å²) in [6.45, 7) is 1.14. The van der Waals surface area contributed by atoms with Gasteiger partial charge < -0.3 is 15.7 Å². The molecule has 0 aromatic carbocycles. The van der Waals surface area contributed by atoms with Crippen molar-refractivity contribution in [1.82, 2.24) is 15.6 Å². The van der Waals surface area contributed by atoms with Crippen LogP contribution in [0.2, 0.25) is 0 Å². The zero-order chi connectivity index (χ0) is 16.0. The molecule has 21 heavy (non-hydrogen) atoms. The van der Waals surface area contributed by atoms with Crippen LogP contribution < -0.4 is 10.6 Å². The number of nitrogens with one attached hydrogen (secondary N) is 2. The van der Waals surface area contributed by atoms with Crippen LogP contribution >= 0.6 is 0 Å². The third kappa shape index (κ3) is 6.59. The highest BCUT2D eigenvalue weighted by molar-refractivity contribution is 5.87. The van der Waals surface area contributed by atoms with E-state index in [1.807, 2.05) is 0 Å². The monoisotopic (exact) mass is 305 g/mol. The Morgan fingerprint density at radius 2 is 2.10 bits per heavy atom. The molecule has 1 heterocycles. The van der Waals surface area contributed by atoms with Crippen molar-refractivity contribution in [3.8, 4) is 0 Å². The van der Waals surface area contributed by atoms with Crippen molar-refractivity contribution in [2.24, 2.45) is 0 Å². The highest BCUT2D eigenvalue weighted by atomic mass is 19.4. The standard InChI is InChI=1S/C12H14F3N3O3/c1-7(5-12(13,14)15)18-11(21)17-6-9-4-8(10(19)20)2-3-16-9/h2-4,7H,5-6H2,1H3,(H,19,20)(H2,17,18,21). The lowest BCUT2D eigenvalue weighted by atomic mass is 10.2. The van der Waals surface area contributed by atoms with E-state index in [0.717, 1.165) is 0 Å². The molecular weight excluding hydrogens is 291 g/mol. The number of amides is 2. The Labute approximate surface area is 118 Å². The number of hydrogen-bond donors (Lipinski definition) is 3. The molecule has 116 valence electrons. The van der Waals surface area contributed by atoms with Gasteiger partial charge in [0.2, 0.25) is 0 Å². The van der Waals surface area contributed by atoms with Gasteiger partial charge in [0.1, 0.15) is 0 Å². The first-order valence-electron chi connectivity index (χ1n) is 5.96. The van der Waals surface area contributed by atoms with Crippen LogP contribution in [-0.4, -0.2) is 34.3 Å². The molecule has 1 rings (SSSR count). The molecule has 0 saturated heterocycles. The van der Waals surface area contributed by atoms with Gasteiger partial charge in [-0.05, 0) is 19.1 Å². The molecule has 0 radical (unpaired) electrons. The normalized spacial score (nSPS) is 12.6. The molecule has 0 fully saturated rings. The van der Waals surface area contributed by atoms with Crippen LogP contribution in [0.15, 0.2) is 18.3 Å². The maximum absolute atomic E-state index is 12.1. The fraction of sp³-hybridized carbons (Fsp3) is 0.417. The summed E-state index contributed by atoms with van der Waals surface area (Å²) in [5, 5.41) is 13.2. The van der Waals surface area contributed by atoms with E-state index in [-0.39, 0.29) is 17.8 Å². The number of carboxylic acid groups (broad SMARTS) is 1. The summed E-state index contributed by atoms with van der Waals surface area (Å²) in [5.74, 6) is -1.14.